The zero-order valence-electron chi connectivity index (χ0n) is 8.96. The summed E-state index contributed by atoms with van der Waals surface area (Å²) in [6.45, 7) is 2.02. The summed E-state index contributed by atoms with van der Waals surface area (Å²) < 4.78 is 5.09. The van der Waals surface area contributed by atoms with Crippen LogP contribution in [0.3, 0.4) is 0 Å². The van der Waals surface area contributed by atoms with Crippen molar-refractivity contribution in [2.45, 2.75) is 37.3 Å². The maximum absolute atomic E-state index is 10.4. The first kappa shape index (κ1) is 11.9. The molecule has 1 saturated heterocycles. The van der Waals surface area contributed by atoms with Crippen molar-refractivity contribution in [2.75, 3.05) is 26.8 Å². The van der Waals surface area contributed by atoms with Gasteiger partial charge in [0, 0.05) is 13.2 Å². The van der Waals surface area contributed by atoms with Crippen LogP contribution in [-0.2, 0) is 4.74 Å². The second kappa shape index (κ2) is 5.66. The zero-order valence-corrected chi connectivity index (χ0v) is 8.96. The number of aliphatic hydroxyl groups is 1. The summed E-state index contributed by atoms with van der Waals surface area (Å²) in [6.07, 6.45) is 3.73. The third-order valence-electron chi connectivity index (χ3n) is 2.92. The number of nitrogens with two attached hydrogens (primary N) is 1. The van der Waals surface area contributed by atoms with Crippen molar-refractivity contribution in [1.82, 2.24) is 5.32 Å². The zero-order chi connectivity index (χ0) is 10.4. The van der Waals surface area contributed by atoms with Crippen molar-refractivity contribution in [3.8, 4) is 0 Å². The van der Waals surface area contributed by atoms with Gasteiger partial charge in [-0.25, -0.2) is 0 Å². The molecule has 0 amide bonds. The topological polar surface area (TPSA) is 67.5 Å². The van der Waals surface area contributed by atoms with E-state index in [9.17, 15) is 5.11 Å². The van der Waals surface area contributed by atoms with Crippen molar-refractivity contribution in [3.63, 3.8) is 0 Å². The van der Waals surface area contributed by atoms with Gasteiger partial charge < -0.3 is 20.9 Å². The number of nitrogens with one attached hydrogen (secondary N) is 1. The average Bonchev–Trinajstić information content (AvgIpc) is 2.68. The fourth-order valence-electron chi connectivity index (χ4n) is 2.15. The van der Waals surface area contributed by atoms with Gasteiger partial charge in [-0.05, 0) is 38.8 Å². The number of rotatable bonds is 6. The van der Waals surface area contributed by atoms with Crippen molar-refractivity contribution in [3.05, 3.63) is 0 Å². The lowest BCUT2D eigenvalue weighted by atomic mass is 9.89. The van der Waals surface area contributed by atoms with Gasteiger partial charge in [-0.1, -0.05) is 0 Å². The summed E-state index contributed by atoms with van der Waals surface area (Å²) in [5.74, 6) is 0. The van der Waals surface area contributed by atoms with Gasteiger partial charge >= 0.3 is 0 Å². The Morgan fingerprint density at radius 1 is 1.64 bits per heavy atom. The second-order valence-corrected chi connectivity index (χ2v) is 4.08. The highest BCUT2D eigenvalue weighted by molar-refractivity contribution is 4.94. The molecule has 1 aliphatic rings. The van der Waals surface area contributed by atoms with E-state index in [1.54, 1.807) is 7.11 Å². The van der Waals surface area contributed by atoms with Gasteiger partial charge in [0.05, 0.1) is 6.61 Å². The molecule has 1 rings (SSSR count). The molecular weight excluding hydrogens is 180 g/mol. The van der Waals surface area contributed by atoms with Crippen LogP contribution < -0.4 is 11.1 Å². The molecule has 0 radical (unpaired) electrons. The summed E-state index contributed by atoms with van der Waals surface area (Å²) in [5.41, 5.74) is 4.73. The van der Waals surface area contributed by atoms with Crippen LogP contribution >= 0.6 is 0 Å². The third-order valence-corrected chi connectivity index (χ3v) is 2.92. The first-order valence-corrected chi connectivity index (χ1v) is 5.38. The van der Waals surface area contributed by atoms with Gasteiger partial charge in [0.15, 0.2) is 0 Å². The minimum Gasteiger partial charge on any atom is -0.386 e. The molecule has 0 bridgehead atoms. The smallest absolute Gasteiger partial charge is 0.103 e. The Labute approximate surface area is 85.8 Å². The molecule has 0 spiro atoms. The fraction of sp³-hybridized carbons (Fsp3) is 1.00. The number of ether oxygens (including phenoxy) is 1. The molecule has 4 nitrogen and oxygen atoms in total. The van der Waals surface area contributed by atoms with Crippen LogP contribution in [0.15, 0.2) is 0 Å². The Kier molecular flexibility index (Phi) is 4.81. The van der Waals surface area contributed by atoms with Crippen LogP contribution in [0.2, 0.25) is 0 Å². The molecule has 0 aromatic rings. The number of hydrogen-bond acceptors (Lipinski definition) is 4. The second-order valence-electron chi connectivity index (χ2n) is 4.08. The van der Waals surface area contributed by atoms with Crippen LogP contribution in [0.25, 0.3) is 0 Å². The van der Waals surface area contributed by atoms with Crippen molar-refractivity contribution >= 4 is 0 Å². The minimum absolute atomic E-state index is 0.175. The van der Waals surface area contributed by atoms with Crippen LogP contribution in [-0.4, -0.2) is 43.6 Å². The Balaban J connectivity index is 2.49. The molecule has 0 aromatic heterocycles. The van der Waals surface area contributed by atoms with Gasteiger partial charge in [0.2, 0.25) is 0 Å². The van der Waals surface area contributed by atoms with Crippen molar-refractivity contribution in [2.24, 2.45) is 5.73 Å². The molecule has 4 heteroatoms. The highest BCUT2D eigenvalue weighted by Crippen LogP contribution is 2.24. The van der Waals surface area contributed by atoms with Crippen molar-refractivity contribution < 1.29 is 9.84 Å². The van der Waals surface area contributed by atoms with Gasteiger partial charge in [-0.3, -0.25) is 0 Å². The minimum atomic E-state index is -0.732. The molecule has 1 fully saturated rings. The number of hydrogen-bond donors (Lipinski definition) is 3. The van der Waals surface area contributed by atoms with Gasteiger partial charge in [-0.15, -0.1) is 0 Å². The van der Waals surface area contributed by atoms with Gasteiger partial charge in [0.25, 0.3) is 0 Å². The molecule has 84 valence electrons. The van der Waals surface area contributed by atoms with E-state index in [2.05, 4.69) is 5.32 Å². The molecule has 1 aliphatic heterocycles. The maximum atomic E-state index is 10.4. The number of methoxy groups -OCH3 is 1. The highest BCUT2D eigenvalue weighted by Gasteiger charge is 2.37. The van der Waals surface area contributed by atoms with E-state index in [4.69, 9.17) is 10.5 Å². The largest absolute Gasteiger partial charge is 0.386 e. The SMILES string of the molecule is COCC(O)(CCCN)C1CCCN1. The lowest BCUT2D eigenvalue weighted by Gasteiger charge is -2.33. The molecule has 2 atom stereocenters. The third kappa shape index (κ3) is 2.92. The maximum Gasteiger partial charge on any atom is 0.103 e. The quantitative estimate of drug-likeness (QED) is 0.560. The molecule has 0 aromatic carbocycles. The lowest BCUT2D eigenvalue weighted by molar-refractivity contribution is -0.0604. The molecular formula is C10H22N2O2. The summed E-state index contributed by atoms with van der Waals surface area (Å²) in [7, 11) is 1.63. The Morgan fingerprint density at radius 3 is 2.93 bits per heavy atom. The van der Waals surface area contributed by atoms with E-state index in [0.29, 0.717) is 13.2 Å². The van der Waals surface area contributed by atoms with E-state index in [1.807, 2.05) is 0 Å². The summed E-state index contributed by atoms with van der Waals surface area (Å²) in [6, 6.07) is 0.175. The van der Waals surface area contributed by atoms with Crippen LogP contribution in [0, 0.1) is 0 Å². The van der Waals surface area contributed by atoms with E-state index in [1.165, 1.54) is 0 Å². The normalized spacial score (nSPS) is 26.4. The summed E-state index contributed by atoms with van der Waals surface area (Å²) in [4.78, 5) is 0. The molecule has 0 saturated carbocycles. The monoisotopic (exact) mass is 202 g/mol. The summed E-state index contributed by atoms with van der Waals surface area (Å²) in [5, 5.41) is 13.7. The molecule has 4 N–H and O–H groups in total. The first-order chi connectivity index (χ1) is 6.73. The van der Waals surface area contributed by atoms with Crippen LogP contribution in [0.1, 0.15) is 25.7 Å². The van der Waals surface area contributed by atoms with Gasteiger partial charge in [0.1, 0.15) is 5.60 Å². The van der Waals surface area contributed by atoms with Crippen LogP contribution in [0.4, 0.5) is 0 Å². The van der Waals surface area contributed by atoms with Crippen molar-refractivity contribution in [1.29, 1.82) is 0 Å². The van der Waals surface area contributed by atoms with E-state index >= 15 is 0 Å². The average molecular weight is 202 g/mol. The lowest BCUT2D eigenvalue weighted by Crippen LogP contribution is -2.51. The van der Waals surface area contributed by atoms with Crippen LogP contribution in [0.5, 0.6) is 0 Å². The Morgan fingerprint density at radius 2 is 2.43 bits per heavy atom. The van der Waals surface area contributed by atoms with E-state index in [0.717, 1.165) is 32.2 Å². The van der Waals surface area contributed by atoms with E-state index in [-0.39, 0.29) is 6.04 Å². The Bertz CT molecular complexity index is 160. The Hall–Kier alpha value is -0.160. The van der Waals surface area contributed by atoms with E-state index < -0.39 is 5.60 Å². The predicted molar refractivity (Wildman–Crippen MR) is 56.1 cm³/mol. The standard InChI is InChI=1S/C10H22N2O2/c1-14-8-10(13,5-3-6-11)9-4-2-7-12-9/h9,12-13H,2-8,11H2,1H3. The fourth-order valence-corrected chi connectivity index (χ4v) is 2.15. The molecule has 14 heavy (non-hydrogen) atoms. The summed E-state index contributed by atoms with van der Waals surface area (Å²) >= 11 is 0. The molecule has 2 unspecified atom stereocenters. The molecule has 0 aliphatic carbocycles. The van der Waals surface area contributed by atoms with Gasteiger partial charge in [-0.2, -0.15) is 0 Å². The predicted octanol–water partition coefficient (Wildman–Crippen LogP) is -0.145. The highest BCUT2D eigenvalue weighted by atomic mass is 16.5. The molecule has 1 heterocycles. The first-order valence-electron chi connectivity index (χ1n) is 5.38.